The Morgan fingerprint density at radius 1 is 0.905 bits per heavy atom. The van der Waals surface area contributed by atoms with Gasteiger partial charge in [0.25, 0.3) is 0 Å². The Balaban J connectivity index is 1.67. The second-order valence-electron chi connectivity index (χ2n) is 10.6. The summed E-state index contributed by atoms with van der Waals surface area (Å²) >= 11 is 0. The van der Waals surface area contributed by atoms with E-state index in [0.29, 0.717) is 12.2 Å². The van der Waals surface area contributed by atoms with E-state index in [9.17, 15) is 24.0 Å². The van der Waals surface area contributed by atoms with Crippen LogP contribution in [0.2, 0.25) is 0 Å². The largest absolute Gasteiger partial charge is 0.456 e. The van der Waals surface area contributed by atoms with Gasteiger partial charge in [0.1, 0.15) is 30.8 Å². The maximum absolute atomic E-state index is 13.6. The highest BCUT2D eigenvalue weighted by Crippen LogP contribution is 2.24. The normalized spacial score (nSPS) is 25.9. The number of hydrogen-bond acceptors (Lipinski definition) is 8. The zero-order valence-corrected chi connectivity index (χ0v) is 25.2. The van der Waals surface area contributed by atoms with Gasteiger partial charge in [-0.15, -0.1) is 0 Å². The molecule has 1 saturated heterocycles. The van der Waals surface area contributed by atoms with Crippen molar-refractivity contribution < 1.29 is 28.7 Å². The van der Waals surface area contributed by atoms with E-state index < -0.39 is 60.4 Å². The Morgan fingerprint density at radius 2 is 1.69 bits per heavy atom. The van der Waals surface area contributed by atoms with Crippen molar-refractivity contribution in [3.63, 3.8) is 0 Å². The first kappa shape index (κ1) is 31.4. The van der Waals surface area contributed by atoms with E-state index in [1.165, 1.54) is 21.6 Å². The average Bonchev–Trinajstić information content (AvgIpc) is 2.96. The van der Waals surface area contributed by atoms with Gasteiger partial charge in [-0.25, -0.2) is 0 Å². The fourth-order valence-electron chi connectivity index (χ4n) is 4.66. The van der Waals surface area contributed by atoms with Gasteiger partial charge in [-0.05, 0) is 34.8 Å². The van der Waals surface area contributed by atoms with Gasteiger partial charge >= 0.3 is 5.97 Å². The summed E-state index contributed by atoms with van der Waals surface area (Å²) in [5.74, 6) is -2.14. The van der Waals surface area contributed by atoms with Crippen LogP contribution in [0.1, 0.15) is 32.3 Å². The molecule has 12 heteroatoms. The summed E-state index contributed by atoms with van der Waals surface area (Å²) in [6.45, 7) is 3.14. The Bertz CT molecular complexity index is 1350. The van der Waals surface area contributed by atoms with Crippen molar-refractivity contribution in [2.75, 3.05) is 18.1 Å². The molecule has 2 aromatic rings. The lowest BCUT2D eigenvalue weighted by Gasteiger charge is -2.27. The Kier molecular flexibility index (Phi) is 11.3. The molecule has 4 N–H and O–H groups in total. The first-order valence-electron chi connectivity index (χ1n) is 14.0. The molecule has 1 unspecified atom stereocenters. The van der Waals surface area contributed by atoms with Crippen LogP contribution in [0.3, 0.4) is 0 Å². The lowest BCUT2D eigenvalue weighted by molar-refractivity contribution is -0.148. The molecule has 2 aromatic carbocycles. The number of allylic oxidation sites excluding steroid dienone is 1. The van der Waals surface area contributed by atoms with Crippen LogP contribution in [0, 0.1) is 5.92 Å². The van der Waals surface area contributed by atoms with Gasteiger partial charge in [-0.3, -0.25) is 24.0 Å². The zero-order chi connectivity index (χ0) is 30.1. The van der Waals surface area contributed by atoms with Gasteiger partial charge in [0, 0.05) is 17.9 Å². The fraction of sp³-hybridized carbons (Fsp3) is 0.433. The third-order valence-corrected chi connectivity index (χ3v) is 9.34. The van der Waals surface area contributed by atoms with Crippen molar-refractivity contribution in [2.45, 2.75) is 57.3 Å². The number of esters is 1. The van der Waals surface area contributed by atoms with Crippen LogP contribution in [-0.2, 0) is 35.1 Å². The first-order chi connectivity index (χ1) is 20.2. The van der Waals surface area contributed by atoms with Gasteiger partial charge < -0.3 is 26.0 Å². The fourth-order valence-corrected chi connectivity index (χ4v) is 6.82. The third kappa shape index (κ3) is 8.99. The highest BCUT2D eigenvalue weighted by molar-refractivity contribution is 8.76. The Morgan fingerprint density at radius 3 is 2.48 bits per heavy atom. The Labute approximate surface area is 252 Å². The molecule has 0 radical (unpaired) electrons. The number of hydrogen-bond donors (Lipinski definition) is 4. The van der Waals surface area contributed by atoms with Crippen molar-refractivity contribution in [2.24, 2.45) is 5.92 Å². The summed E-state index contributed by atoms with van der Waals surface area (Å²) < 4.78 is 5.53. The number of fused-ring (bicyclic) bond motifs is 8. The van der Waals surface area contributed by atoms with Crippen LogP contribution < -0.4 is 21.3 Å². The van der Waals surface area contributed by atoms with Crippen LogP contribution >= 0.6 is 21.6 Å². The van der Waals surface area contributed by atoms with Gasteiger partial charge in [0.15, 0.2) is 0 Å². The van der Waals surface area contributed by atoms with Gasteiger partial charge in [0.05, 0.1) is 6.42 Å². The molecule has 42 heavy (non-hydrogen) atoms. The summed E-state index contributed by atoms with van der Waals surface area (Å²) in [5.41, 5.74) is 0.815. The molecule has 2 aliphatic rings. The molecular weight excluding hydrogens is 576 g/mol. The topological polar surface area (TPSA) is 143 Å². The zero-order valence-electron chi connectivity index (χ0n) is 23.6. The van der Waals surface area contributed by atoms with Gasteiger partial charge in [0.2, 0.25) is 23.6 Å². The highest BCUT2D eigenvalue weighted by atomic mass is 33.1. The summed E-state index contributed by atoms with van der Waals surface area (Å²) in [6.07, 6.45) is 3.24. The summed E-state index contributed by atoms with van der Waals surface area (Å²) in [7, 11) is 2.97. The van der Waals surface area contributed by atoms with Crippen LogP contribution in [0.5, 0.6) is 0 Å². The molecule has 4 rings (SSSR count). The first-order valence-corrected chi connectivity index (χ1v) is 16.4. The Hall–Kier alpha value is -3.51. The van der Waals surface area contributed by atoms with Gasteiger partial charge in [-0.1, -0.05) is 84.0 Å². The molecule has 0 aromatic heterocycles. The lowest BCUT2D eigenvalue weighted by Crippen LogP contribution is -2.59. The van der Waals surface area contributed by atoms with Crippen molar-refractivity contribution in [3.05, 3.63) is 60.2 Å². The van der Waals surface area contributed by atoms with Crippen LogP contribution in [0.25, 0.3) is 10.8 Å². The molecule has 4 atom stereocenters. The maximum atomic E-state index is 13.6. The van der Waals surface area contributed by atoms with E-state index in [1.807, 2.05) is 48.5 Å². The van der Waals surface area contributed by atoms with Crippen molar-refractivity contribution in [3.8, 4) is 0 Å². The summed E-state index contributed by atoms with van der Waals surface area (Å²) in [6, 6.07) is 10.7. The number of ether oxygens (including phenoxy) is 1. The second kappa shape index (κ2) is 15.1. The number of carbonyl (C=O) groups excluding carboxylic acids is 5. The standard InChI is InChI=1S/C30H36N4O6S2/c1-18(2)27-30(39)33-24-17-42-41-12-6-5-9-22(15-25(35)34-27)40-26(36)16-31-28(37)23(32-29(24)38)14-19-10-11-20-7-3-4-8-21(20)13-19/h3-5,7-11,13,18,22-24,27H,6,12,14-17H2,1-2H3,(H,31,37)(H,32,38)(H,33,39)(H,34,35)/b9-5+/t22-,23?,24-,27-/m1/s1. The molecule has 1 fully saturated rings. The average molecular weight is 613 g/mol. The smallest absolute Gasteiger partial charge is 0.326 e. The second-order valence-corrected chi connectivity index (χ2v) is 13.2. The lowest BCUT2D eigenvalue weighted by atomic mass is 10.0. The number of amides is 4. The number of rotatable bonds is 3. The van der Waals surface area contributed by atoms with E-state index in [0.717, 1.165) is 16.3 Å². The maximum Gasteiger partial charge on any atom is 0.326 e. The minimum absolute atomic E-state index is 0.163. The van der Waals surface area contributed by atoms with Crippen molar-refractivity contribution in [1.82, 2.24) is 21.3 Å². The van der Waals surface area contributed by atoms with E-state index >= 15 is 0 Å². The van der Waals surface area contributed by atoms with Crippen LogP contribution in [0.4, 0.5) is 0 Å². The molecule has 4 amide bonds. The molecule has 2 heterocycles. The molecule has 2 aliphatic heterocycles. The van der Waals surface area contributed by atoms with E-state index in [4.69, 9.17) is 4.74 Å². The highest BCUT2D eigenvalue weighted by Gasteiger charge is 2.32. The SMILES string of the molecule is CC(C)[C@H]1NC(=O)C[C@H]2/C=C/CCSSC[C@@H](NC1=O)C(=O)NC(Cc1ccc3ccccc3c1)C(=O)NCC(=O)O2. The molecule has 10 nitrogen and oxygen atoms in total. The number of benzene rings is 2. The predicted molar refractivity (Wildman–Crippen MR) is 164 cm³/mol. The summed E-state index contributed by atoms with van der Waals surface area (Å²) in [4.78, 5) is 66.0. The van der Waals surface area contributed by atoms with Crippen molar-refractivity contribution in [1.29, 1.82) is 0 Å². The van der Waals surface area contributed by atoms with Crippen LogP contribution in [-0.4, -0.2) is 71.9 Å². The molecule has 0 saturated carbocycles. The molecule has 224 valence electrons. The molecule has 0 spiro atoms. The quantitative estimate of drug-likeness (QED) is 0.235. The number of nitrogens with one attached hydrogen (secondary N) is 4. The molecular formula is C30H36N4O6S2. The number of carbonyl (C=O) groups is 5. The molecule has 0 aliphatic carbocycles. The monoisotopic (exact) mass is 612 g/mol. The minimum atomic E-state index is -1.02. The van der Waals surface area contributed by atoms with E-state index in [1.54, 1.807) is 19.9 Å². The van der Waals surface area contributed by atoms with Gasteiger partial charge in [-0.2, -0.15) is 0 Å². The summed E-state index contributed by atoms with van der Waals surface area (Å²) in [5, 5.41) is 12.9. The molecule has 2 bridgehead atoms. The predicted octanol–water partition coefficient (Wildman–Crippen LogP) is 2.27. The minimum Gasteiger partial charge on any atom is -0.456 e. The third-order valence-electron chi connectivity index (χ3n) is 6.90. The van der Waals surface area contributed by atoms with Crippen LogP contribution in [0.15, 0.2) is 54.6 Å². The van der Waals surface area contributed by atoms with Crippen molar-refractivity contribution >= 4 is 62.0 Å². The van der Waals surface area contributed by atoms with E-state index in [-0.39, 0.29) is 24.5 Å². The van der Waals surface area contributed by atoms with E-state index in [2.05, 4.69) is 21.3 Å².